The minimum atomic E-state index is -0.536. The first-order valence-electron chi connectivity index (χ1n) is 3.72. The summed E-state index contributed by atoms with van der Waals surface area (Å²) in [5.74, 6) is 0. The quantitative estimate of drug-likeness (QED) is 0.472. The van der Waals surface area contributed by atoms with Crippen LogP contribution in [0.5, 0.6) is 0 Å². The van der Waals surface area contributed by atoms with Gasteiger partial charge in [-0.05, 0) is 0 Å². The fourth-order valence-corrected chi connectivity index (χ4v) is 0.544. The largest absolute Gasteiger partial charge is 0.422 e. The molecule has 13 heavy (non-hydrogen) atoms. The molecule has 0 heterocycles. The Morgan fingerprint density at radius 1 is 1.38 bits per heavy atom. The molecular weight excluding hydrogens is 178 g/mol. The van der Waals surface area contributed by atoms with Gasteiger partial charge in [-0.3, -0.25) is 0 Å². The lowest BCUT2D eigenvalue weighted by Gasteiger charge is -2.13. The maximum atomic E-state index is 10.5. The summed E-state index contributed by atoms with van der Waals surface area (Å²) in [6, 6.07) is 0. The highest BCUT2D eigenvalue weighted by molar-refractivity contribution is 5.66. The van der Waals surface area contributed by atoms with Crippen molar-refractivity contribution in [3.8, 4) is 0 Å². The second-order valence-corrected chi connectivity index (χ2v) is 2.07. The smallest absolute Gasteiger partial charge is 0.408 e. The van der Waals surface area contributed by atoms with Crippen LogP contribution < -0.4 is 5.32 Å². The number of rotatable bonds is 6. The van der Waals surface area contributed by atoms with Gasteiger partial charge in [0.1, 0.15) is 6.61 Å². The highest BCUT2D eigenvalue weighted by atomic mass is 16.7. The normalized spacial score (nSPS) is 10.2. The highest BCUT2D eigenvalue weighted by Gasteiger charge is 2.04. The first-order chi connectivity index (χ1) is 6.24. The number of amides is 1. The van der Waals surface area contributed by atoms with Crippen molar-refractivity contribution in [1.82, 2.24) is 5.32 Å². The van der Waals surface area contributed by atoms with Crippen LogP contribution in [0.1, 0.15) is 0 Å². The van der Waals surface area contributed by atoms with Crippen molar-refractivity contribution in [2.24, 2.45) is 0 Å². The van der Waals surface area contributed by atoms with E-state index >= 15 is 0 Å². The molecule has 0 radical (unpaired) electrons. The summed E-state index contributed by atoms with van der Waals surface area (Å²) in [4.78, 5) is 10.5. The van der Waals surface area contributed by atoms with Crippen LogP contribution in [0.25, 0.3) is 0 Å². The molecule has 0 rings (SSSR count). The average molecular weight is 193 g/mol. The van der Waals surface area contributed by atoms with Crippen molar-refractivity contribution < 1.29 is 23.7 Å². The van der Waals surface area contributed by atoms with E-state index in [-0.39, 0.29) is 13.4 Å². The molecule has 0 aliphatic rings. The Bertz CT molecular complexity index is 137. The molecular formula is C7H15NO5. The highest BCUT2D eigenvalue weighted by Crippen LogP contribution is 1.91. The van der Waals surface area contributed by atoms with Crippen molar-refractivity contribution in [3.05, 3.63) is 0 Å². The van der Waals surface area contributed by atoms with E-state index < -0.39 is 12.4 Å². The summed E-state index contributed by atoms with van der Waals surface area (Å²) in [5, 5.41) is 2.28. The summed E-state index contributed by atoms with van der Waals surface area (Å²) >= 11 is 0. The van der Waals surface area contributed by atoms with Gasteiger partial charge < -0.3 is 24.3 Å². The van der Waals surface area contributed by atoms with Gasteiger partial charge in [0.15, 0.2) is 13.1 Å². The van der Waals surface area contributed by atoms with Gasteiger partial charge in [0, 0.05) is 21.3 Å². The second kappa shape index (κ2) is 7.78. The molecule has 78 valence electrons. The van der Waals surface area contributed by atoms with E-state index in [2.05, 4.69) is 10.1 Å². The topological polar surface area (TPSA) is 66.0 Å². The number of methoxy groups -OCH3 is 2. The number of nitrogens with one attached hydrogen (secondary N) is 1. The van der Waals surface area contributed by atoms with Crippen LogP contribution in [0.4, 0.5) is 4.79 Å². The van der Waals surface area contributed by atoms with E-state index in [0.717, 1.165) is 0 Å². The third-order valence-electron chi connectivity index (χ3n) is 1.26. The average Bonchev–Trinajstić information content (AvgIpc) is 2.18. The maximum absolute atomic E-state index is 10.5. The van der Waals surface area contributed by atoms with Crippen LogP contribution >= 0.6 is 0 Å². The Morgan fingerprint density at radius 2 is 2.00 bits per heavy atom. The van der Waals surface area contributed by atoms with Gasteiger partial charge in [-0.25, -0.2) is 4.79 Å². The molecule has 0 bridgehead atoms. The standard InChI is InChI=1S/C7H15NO5/c1-8-7(9)13-5-12-4-6(10-2)11-3/h6H,4-5H2,1-3H3,(H,8,9). The van der Waals surface area contributed by atoms with Crippen LogP contribution in [0.15, 0.2) is 0 Å². The first kappa shape index (κ1) is 12.2. The Balaban J connectivity index is 3.28. The SMILES string of the molecule is CNC(=O)OCOCC(OC)OC. The molecule has 6 nitrogen and oxygen atoms in total. The Kier molecular flexibility index (Phi) is 7.27. The molecule has 1 amide bonds. The lowest BCUT2D eigenvalue weighted by molar-refractivity contribution is -0.157. The number of carbonyl (C=O) groups is 1. The maximum Gasteiger partial charge on any atom is 0.408 e. The predicted octanol–water partition coefficient (Wildman–Crippen LogP) is -0.0646. The number of ether oxygens (including phenoxy) is 4. The molecule has 1 N–H and O–H groups in total. The Hall–Kier alpha value is -0.850. The third kappa shape index (κ3) is 6.32. The lowest BCUT2D eigenvalue weighted by Crippen LogP contribution is -2.24. The molecule has 0 fully saturated rings. The van der Waals surface area contributed by atoms with E-state index in [1.807, 2.05) is 0 Å². The first-order valence-corrected chi connectivity index (χ1v) is 3.72. The van der Waals surface area contributed by atoms with Gasteiger partial charge in [0.05, 0.1) is 0 Å². The molecule has 6 heteroatoms. The van der Waals surface area contributed by atoms with E-state index in [9.17, 15) is 4.79 Å². The van der Waals surface area contributed by atoms with Gasteiger partial charge in [0.25, 0.3) is 0 Å². The van der Waals surface area contributed by atoms with Crippen LogP contribution in [0.3, 0.4) is 0 Å². The minimum Gasteiger partial charge on any atom is -0.422 e. The monoisotopic (exact) mass is 193 g/mol. The van der Waals surface area contributed by atoms with Gasteiger partial charge >= 0.3 is 6.09 Å². The second-order valence-electron chi connectivity index (χ2n) is 2.07. The van der Waals surface area contributed by atoms with Gasteiger partial charge in [-0.1, -0.05) is 0 Å². The molecule has 0 aliphatic carbocycles. The number of alkyl carbamates (subject to hydrolysis) is 1. The van der Waals surface area contributed by atoms with Crippen LogP contribution in [0.2, 0.25) is 0 Å². The molecule has 0 unspecified atom stereocenters. The van der Waals surface area contributed by atoms with Crippen LogP contribution in [-0.4, -0.2) is 47.1 Å². The molecule has 0 aromatic heterocycles. The Morgan fingerprint density at radius 3 is 2.46 bits per heavy atom. The molecule has 0 aromatic carbocycles. The summed E-state index contributed by atoms with van der Waals surface area (Å²) in [6.45, 7) is 0.0902. The molecule has 0 saturated carbocycles. The molecule has 0 aliphatic heterocycles. The van der Waals surface area contributed by atoms with E-state index in [0.29, 0.717) is 0 Å². The minimum absolute atomic E-state index is 0.122. The predicted molar refractivity (Wildman–Crippen MR) is 44.2 cm³/mol. The van der Waals surface area contributed by atoms with Gasteiger partial charge in [0.2, 0.25) is 0 Å². The van der Waals surface area contributed by atoms with Gasteiger partial charge in [-0.15, -0.1) is 0 Å². The summed E-state index contributed by atoms with van der Waals surface area (Å²) in [7, 11) is 4.46. The van der Waals surface area contributed by atoms with E-state index in [4.69, 9.17) is 14.2 Å². The number of carbonyl (C=O) groups excluding carboxylic acids is 1. The van der Waals surface area contributed by atoms with E-state index in [1.54, 1.807) is 0 Å². The number of hydrogen-bond acceptors (Lipinski definition) is 5. The van der Waals surface area contributed by atoms with Crippen molar-refractivity contribution in [2.45, 2.75) is 6.29 Å². The zero-order valence-electron chi connectivity index (χ0n) is 8.03. The summed E-state index contributed by atoms with van der Waals surface area (Å²) < 4.78 is 19.1. The van der Waals surface area contributed by atoms with E-state index in [1.165, 1.54) is 21.3 Å². The van der Waals surface area contributed by atoms with Crippen molar-refractivity contribution in [2.75, 3.05) is 34.7 Å². The van der Waals surface area contributed by atoms with Gasteiger partial charge in [-0.2, -0.15) is 0 Å². The zero-order valence-corrected chi connectivity index (χ0v) is 8.03. The zero-order chi connectivity index (χ0) is 10.1. The van der Waals surface area contributed by atoms with Crippen molar-refractivity contribution >= 4 is 6.09 Å². The molecule has 0 atom stereocenters. The molecule has 0 saturated heterocycles. The Labute approximate surface area is 77.1 Å². The van der Waals surface area contributed by atoms with Crippen molar-refractivity contribution in [3.63, 3.8) is 0 Å². The van der Waals surface area contributed by atoms with Crippen LogP contribution in [0, 0.1) is 0 Å². The third-order valence-corrected chi connectivity index (χ3v) is 1.26. The molecule has 0 spiro atoms. The fourth-order valence-electron chi connectivity index (χ4n) is 0.544. The summed E-state index contributed by atoms with van der Waals surface area (Å²) in [5.41, 5.74) is 0. The van der Waals surface area contributed by atoms with Crippen LogP contribution in [-0.2, 0) is 18.9 Å². The lowest BCUT2D eigenvalue weighted by atomic mass is 10.7. The van der Waals surface area contributed by atoms with Crippen molar-refractivity contribution in [1.29, 1.82) is 0 Å². The summed E-state index contributed by atoms with van der Waals surface area (Å²) in [6.07, 6.45) is -0.973. The molecule has 0 aromatic rings. The number of hydrogen-bond donors (Lipinski definition) is 1. The fraction of sp³-hybridized carbons (Fsp3) is 0.857.